The second kappa shape index (κ2) is 5.58. The van der Waals surface area contributed by atoms with Crippen LogP contribution in [0.4, 0.5) is 0 Å². The molecule has 114 valence electrons. The molecule has 0 radical (unpaired) electrons. The first-order valence-electron chi connectivity index (χ1n) is 7.63. The second-order valence-electron chi connectivity index (χ2n) is 6.79. The van der Waals surface area contributed by atoms with Crippen molar-refractivity contribution in [3.63, 3.8) is 0 Å². The molecule has 0 N–H and O–H groups in total. The quantitative estimate of drug-likeness (QED) is 0.640. The highest BCUT2D eigenvalue weighted by Gasteiger charge is 2.34. The fourth-order valence-corrected chi connectivity index (χ4v) is 2.91. The van der Waals surface area contributed by atoms with Crippen molar-refractivity contribution < 1.29 is 14.0 Å². The average molecular weight is 296 g/mol. The number of hydrogen-bond acceptors (Lipinski definition) is 2. The van der Waals surface area contributed by atoms with Crippen molar-refractivity contribution in [2.75, 3.05) is 34.3 Å². The SMILES string of the molecule is C[N+](C)(C)CCOC(=O)C1c2ccccc2-c2ccccc21. The summed E-state index contributed by atoms with van der Waals surface area (Å²) in [7, 11) is 6.27. The monoisotopic (exact) mass is 296 g/mol. The van der Waals surface area contributed by atoms with Gasteiger partial charge in [-0.05, 0) is 22.3 Å². The second-order valence-corrected chi connectivity index (χ2v) is 6.79. The summed E-state index contributed by atoms with van der Waals surface area (Å²) < 4.78 is 6.34. The molecule has 0 aromatic heterocycles. The highest BCUT2D eigenvalue weighted by atomic mass is 16.5. The maximum atomic E-state index is 12.6. The zero-order valence-electron chi connectivity index (χ0n) is 13.4. The first-order chi connectivity index (χ1) is 10.5. The number of rotatable bonds is 4. The number of carbonyl (C=O) groups is 1. The molecular weight excluding hydrogens is 274 g/mol. The predicted octanol–water partition coefficient (Wildman–Crippen LogP) is 3.05. The van der Waals surface area contributed by atoms with E-state index >= 15 is 0 Å². The maximum absolute atomic E-state index is 12.6. The van der Waals surface area contributed by atoms with Crippen molar-refractivity contribution in [1.82, 2.24) is 0 Å². The van der Waals surface area contributed by atoms with Gasteiger partial charge in [-0.15, -0.1) is 0 Å². The standard InChI is InChI=1S/C19H22NO2/c1-20(2,3)12-13-22-19(21)18-16-10-6-4-8-14(16)15-9-5-7-11-17(15)18/h4-11,18H,12-13H2,1-3H3/q+1. The zero-order chi connectivity index (χ0) is 15.7. The summed E-state index contributed by atoms with van der Waals surface area (Å²) in [5, 5.41) is 0. The van der Waals surface area contributed by atoms with E-state index in [0.717, 1.165) is 33.3 Å². The van der Waals surface area contributed by atoms with Crippen LogP contribution in [0.15, 0.2) is 48.5 Å². The minimum Gasteiger partial charge on any atom is -0.459 e. The van der Waals surface area contributed by atoms with Crippen LogP contribution in [0.3, 0.4) is 0 Å². The molecule has 3 heteroatoms. The number of ether oxygens (including phenoxy) is 1. The van der Waals surface area contributed by atoms with E-state index in [1.54, 1.807) is 0 Å². The van der Waals surface area contributed by atoms with Crippen LogP contribution in [0, 0.1) is 0 Å². The number of hydrogen-bond donors (Lipinski definition) is 0. The Bertz CT molecular complexity index is 655. The number of benzene rings is 2. The van der Waals surface area contributed by atoms with Crippen LogP contribution in [0.2, 0.25) is 0 Å². The number of likely N-dealkylation sites (N-methyl/N-ethyl adjacent to an activating group) is 1. The van der Waals surface area contributed by atoms with Crippen molar-refractivity contribution in [1.29, 1.82) is 0 Å². The number of carbonyl (C=O) groups excluding carboxylic acids is 1. The Kier molecular flexibility index (Phi) is 3.75. The van der Waals surface area contributed by atoms with E-state index in [1.807, 2.05) is 36.4 Å². The van der Waals surface area contributed by atoms with Gasteiger partial charge >= 0.3 is 5.97 Å². The Morgan fingerprint density at radius 1 is 0.955 bits per heavy atom. The molecule has 22 heavy (non-hydrogen) atoms. The van der Waals surface area contributed by atoms with Gasteiger partial charge in [0.05, 0.1) is 21.1 Å². The molecule has 2 aromatic carbocycles. The Morgan fingerprint density at radius 3 is 1.95 bits per heavy atom. The molecule has 0 unspecified atom stereocenters. The minimum atomic E-state index is -0.292. The van der Waals surface area contributed by atoms with Gasteiger partial charge < -0.3 is 9.22 Å². The van der Waals surface area contributed by atoms with Crippen LogP contribution < -0.4 is 0 Å². The smallest absolute Gasteiger partial charge is 0.318 e. The van der Waals surface area contributed by atoms with Gasteiger partial charge in [0.15, 0.2) is 0 Å². The van der Waals surface area contributed by atoms with Gasteiger partial charge in [0.2, 0.25) is 0 Å². The number of fused-ring (bicyclic) bond motifs is 3. The summed E-state index contributed by atoms with van der Waals surface area (Å²) in [4.78, 5) is 12.6. The lowest BCUT2D eigenvalue weighted by molar-refractivity contribution is -0.870. The van der Waals surface area contributed by atoms with E-state index < -0.39 is 0 Å². The van der Waals surface area contributed by atoms with Crippen LogP contribution in [0.5, 0.6) is 0 Å². The molecule has 3 rings (SSSR count). The van der Waals surface area contributed by atoms with Crippen molar-refractivity contribution in [2.45, 2.75) is 5.92 Å². The molecule has 0 bridgehead atoms. The van der Waals surface area contributed by atoms with Gasteiger partial charge in [0.1, 0.15) is 19.1 Å². The van der Waals surface area contributed by atoms with Crippen molar-refractivity contribution in [3.8, 4) is 11.1 Å². The summed E-state index contributed by atoms with van der Waals surface area (Å²) in [5.74, 6) is -0.439. The highest BCUT2D eigenvalue weighted by molar-refractivity contribution is 5.93. The Hall–Kier alpha value is -2.13. The van der Waals surface area contributed by atoms with Gasteiger partial charge in [0.25, 0.3) is 0 Å². The first-order valence-corrected chi connectivity index (χ1v) is 7.63. The largest absolute Gasteiger partial charge is 0.459 e. The van der Waals surface area contributed by atoms with Crippen LogP contribution >= 0.6 is 0 Å². The molecule has 0 atom stereocenters. The van der Waals surface area contributed by atoms with Crippen LogP contribution in [-0.4, -0.2) is 44.7 Å². The van der Waals surface area contributed by atoms with Crippen LogP contribution in [-0.2, 0) is 9.53 Å². The molecule has 3 nitrogen and oxygen atoms in total. The molecule has 0 saturated carbocycles. The molecule has 0 saturated heterocycles. The topological polar surface area (TPSA) is 26.3 Å². The number of nitrogens with zero attached hydrogens (tertiary/aromatic N) is 1. The molecule has 0 heterocycles. The summed E-state index contributed by atoms with van der Waals surface area (Å²) in [6, 6.07) is 16.2. The van der Waals surface area contributed by atoms with E-state index in [0.29, 0.717) is 6.61 Å². The molecule has 1 aliphatic rings. The Labute approximate surface area is 131 Å². The normalized spacial score (nSPS) is 13.6. The van der Waals surface area contributed by atoms with E-state index in [-0.39, 0.29) is 11.9 Å². The third-order valence-electron chi connectivity index (χ3n) is 4.08. The third-order valence-corrected chi connectivity index (χ3v) is 4.08. The Balaban J connectivity index is 1.86. The molecule has 0 spiro atoms. The molecular formula is C19H22NO2+. The van der Waals surface area contributed by atoms with E-state index in [2.05, 4.69) is 33.3 Å². The third kappa shape index (κ3) is 2.77. The van der Waals surface area contributed by atoms with E-state index in [9.17, 15) is 4.79 Å². The summed E-state index contributed by atoms with van der Waals surface area (Å²) in [5.41, 5.74) is 4.40. The van der Waals surface area contributed by atoms with Gasteiger partial charge in [-0.1, -0.05) is 48.5 Å². The average Bonchev–Trinajstić information content (AvgIpc) is 2.80. The fourth-order valence-electron chi connectivity index (χ4n) is 2.91. The van der Waals surface area contributed by atoms with Gasteiger partial charge in [-0.2, -0.15) is 0 Å². The van der Waals surface area contributed by atoms with Gasteiger partial charge in [0, 0.05) is 0 Å². The molecule has 0 aliphatic heterocycles. The number of quaternary nitrogens is 1. The van der Waals surface area contributed by atoms with E-state index in [4.69, 9.17) is 4.74 Å². The lowest BCUT2D eigenvalue weighted by Crippen LogP contribution is -2.38. The highest BCUT2D eigenvalue weighted by Crippen LogP contribution is 2.44. The summed E-state index contributed by atoms with van der Waals surface area (Å²) >= 11 is 0. The molecule has 2 aromatic rings. The molecule has 0 amide bonds. The first kappa shape index (κ1) is 14.8. The number of esters is 1. The summed E-state index contributed by atoms with van der Waals surface area (Å²) in [6.45, 7) is 1.25. The fraction of sp³-hybridized carbons (Fsp3) is 0.316. The van der Waals surface area contributed by atoms with Gasteiger partial charge in [-0.25, -0.2) is 0 Å². The van der Waals surface area contributed by atoms with Crippen LogP contribution in [0.1, 0.15) is 17.0 Å². The zero-order valence-corrected chi connectivity index (χ0v) is 13.4. The molecule has 0 fully saturated rings. The molecule has 1 aliphatic carbocycles. The minimum absolute atomic E-state index is 0.147. The van der Waals surface area contributed by atoms with E-state index in [1.165, 1.54) is 0 Å². The lowest BCUT2D eigenvalue weighted by Gasteiger charge is -2.23. The maximum Gasteiger partial charge on any atom is 0.318 e. The van der Waals surface area contributed by atoms with Crippen molar-refractivity contribution in [2.24, 2.45) is 0 Å². The Morgan fingerprint density at radius 2 is 1.45 bits per heavy atom. The lowest BCUT2D eigenvalue weighted by atomic mass is 9.97. The van der Waals surface area contributed by atoms with Crippen molar-refractivity contribution >= 4 is 5.97 Å². The van der Waals surface area contributed by atoms with Gasteiger partial charge in [-0.3, -0.25) is 4.79 Å². The van der Waals surface area contributed by atoms with Crippen LogP contribution in [0.25, 0.3) is 11.1 Å². The summed E-state index contributed by atoms with van der Waals surface area (Å²) in [6.07, 6.45) is 0. The van der Waals surface area contributed by atoms with Crippen molar-refractivity contribution in [3.05, 3.63) is 59.7 Å². The predicted molar refractivity (Wildman–Crippen MR) is 87.6 cm³/mol.